The lowest BCUT2D eigenvalue weighted by atomic mass is 9.94. The first-order valence-corrected chi connectivity index (χ1v) is 10.6. The molecule has 4 aromatic rings. The van der Waals surface area contributed by atoms with Crippen molar-refractivity contribution in [2.75, 3.05) is 7.11 Å². The molecule has 0 atom stereocenters. The first kappa shape index (κ1) is 20.8. The van der Waals surface area contributed by atoms with Gasteiger partial charge in [0.25, 0.3) is 0 Å². The number of allylic oxidation sites excluding steroid dienone is 1. The van der Waals surface area contributed by atoms with E-state index in [1.165, 1.54) is 6.34 Å². The molecule has 2 heterocycles. The van der Waals surface area contributed by atoms with Crippen LogP contribution in [0.3, 0.4) is 0 Å². The van der Waals surface area contributed by atoms with E-state index in [0.29, 0.717) is 17.1 Å². The minimum absolute atomic E-state index is 0.00364. The number of aliphatic imine (C=N–C) groups is 1. The third kappa shape index (κ3) is 3.40. The largest absolute Gasteiger partial charge is 0.497 e. The van der Waals surface area contributed by atoms with E-state index in [-0.39, 0.29) is 5.57 Å². The Balaban J connectivity index is 1.97. The molecule has 1 N–H and O–H groups in total. The third-order valence-electron chi connectivity index (χ3n) is 5.71. The average molecular weight is 441 g/mol. The zero-order valence-corrected chi connectivity index (χ0v) is 18.4. The van der Waals surface area contributed by atoms with Crippen LogP contribution < -0.4 is 10.1 Å². The molecule has 1 aromatic heterocycles. The van der Waals surface area contributed by atoms with Crippen molar-refractivity contribution in [3.63, 3.8) is 0 Å². The van der Waals surface area contributed by atoms with Gasteiger partial charge in [-0.15, -0.1) is 0 Å². The Morgan fingerprint density at radius 1 is 0.824 bits per heavy atom. The molecule has 0 aliphatic carbocycles. The van der Waals surface area contributed by atoms with Crippen LogP contribution in [0.2, 0.25) is 0 Å². The van der Waals surface area contributed by atoms with Crippen LogP contribution in [0.15, 0.2) is 95.5 Å². The van der Waals surface area contributed by atoms with E-state index in [9.17, 15) is 10.5 Å². The number of rotatable bonds is 4. The number of hydrogen-bond acceptors (Lipinski definition) is 5. The van der Waals surface area contributed by atoms with Crippen molar-refractivity contribution in [2.24, 2.45) is 4.99 Å². The number of aromatic nitrogens is 1. The number of nitriles is 2. The van der Waals surface area contributed by atoms with E-state index >= 15 is 0 Å². The van der Waals surface area contributed by atoms with Gasteiger partial charge in [-0.25, -0.2) is 4.99 Å². The molecule has 0 radical (unpaired) electrons. The number of fused-ring (bicyclic) bond motifs is 1. The summed E-state index contributed by atoms with van der Waals surface area (Å²) in [5, 5.41) is 22.5. The summed E-state index contributed by atoms with van der Waals surface area (Å²) < 4.78 is 7.42. The predicted octanol–water partition coefficient (Wildman–Crippen LogP) is 5.84. The van der Waals surface area contributed by atoms with Gasteiger partial charge in [-0.2, -0.15) is 10.5 Å². The number of benzene rings is 3. The Labute approximate surface area is 197 Å². The van der Waals surface area contributed by atoms with Crippen LogP contribution in [0.25, 0.3) is 33.8 Å². The fraction of sp³-hybridized carbons (Fsp3) is 0.0357. The van der Waals surface area contributed by atoms with E-state index in [0.717, 1.165) is 33.8 Å². The smallest absolute Gasteiger partial charge is 0.153 e. The summed E-state index contributed by atoms with van der Waals surface area (Å²) in [5.74, 6) is 1.39. The maximum atomic E-state index is 9.70. The van der Waals surface area contributed by atoms with E-state index < -0.39 is 0 Å². The molecule has 5 rings (SSSR count). The summed E-state index contributed by atoms with van der Waals surface area (Å²) >= 11 is 0. The van der Waals surface area contributed by atoms with Crippen molar-refractivity contribution in [3.05, 3.63) is 96.1 Å². The van der Waals surface area contributed by atoms with Gasteiger partial charge in [-0.1, -0.05) is 60.7 Å². The highest BCUT2D eigenvalue weighted by Gasteiger charge is 2.31. The molecule has 1 aliphatic rings. The summed E-state index contributed by atoms with van der Waals surface area (Å²) in [7, 11) is 1.63. The monoisotopic (exact) mass is 441 g/mol. The zero-order valence-electron chi connectivity index (χ0n) is 18.4. The summed E-state index contributed by atoms with van der Waals surface area (Å²) in [6, 6.07) is 31.8. The second kappa shape index (κ2) is 8.82. The Morgan fingerprint density at radius 2 is 1.44 bits per heavy atom. The Morgan fingerprint density at radius 3 is 2.03 bits per heavy atom. The van der Waals surface area contributed by atoms with Crippen molar-refractivity contribution in [1.29, 1.82) is 10.5 Å². The van der Waals surface area contributed by atoms with Crippen LogP contribution in [-0.4, -0.2) is 18.0 Å². The normalized spacial score (nSPS) is 11.7. The lowest BCUT2D eigenvalue weighted by Gasteiger charge is -2.16. The van der Waals surface area contributed by atoms with Crippen LogP contribution in [-0.2, 0) is 0 Å². The highest BCUT2D eigenvalue weighted by atomic mass is 16.5. The number of hydrogen-bond donors (Lipinski definition) is 1. The zero-order chi connectivity index (χ0) is 23.5. The lowest BCUT2D eigenvalue weighted by Crippen LogP contribution is -2.15. The van der Waals surface area contributed by atoms with E-state index in [1.807, 2.05) is 97.1 Å². The van der Waals surface area contributed by atoms with Gasteiger partial charge in [0.2, 0.25) is 0 Å². The standard InChI is InChI=1S/C28H19N5O/c1-34-23-14-12-22(13-15-23)33-27(20-10-6-3-7-11-20)24(19-8-4-2-5-9-19)25-26(21(16-29)17-30)31-18-32-28(25)33/h2-15,18H,1H3,(H,31,32). The lowest BCUT2D eigenvalue weighted by molar-refractivity contribution is 0.415. The molecular weight excluding hydrogens is 422 g/mol. The molecule has 162 valence electrons. The molecule has 0 amide bonds. The molecule has 0 bridgehead atoms. The van der Waals surface area contributed by atoms with Gasteiger partial charge in [0.05, 0.1) is 30.4 Å². The van der Waals surface area contributed by atoms with Gasteiger partial charge in [0, 0.05) is 11.3 Å². The first-order valence-electron chi connectivity index (χ1n) is 10.6. The maximum Gasteiger partial charge on any atom is 0.153 e. The van der Waals surface area contributed by atoms with Crippen molar-refractivity contribution in [3.8, 4) is 46.0 Å². The first-order chi connectivity index (χ1) is 16.8. The second-order valence-corrected chi connectivity index (χ2v) is 7.56. The topological polar surface area (TPSA) is 86.1 Å². The van der Waals surface area contributed by atoms with E-state index in [1.54, 1.807) is 7.11 Å². The van der Waals surface area contributed by atoms with Crippen LogP contribution in [0, 0.1) is 22.7 Å². The number of methoxy groups -OCH3 is 1. The van der Waals surface area contributed by atoms with E-state index in [4.69, 9.17) is 4.74 Å². The fourth-order valence-electron chi connectivity index (χ4n) is 4.22. The molecule has 34 heavy (non-hydrogen) atoms. The van der Waals surface area contributed by atoms with Crippen molar-refractivity contribution < 1.29 is 4.74 Å². The van der Waals surface area contributed by atoms with Crippen molar-refractivity contribution in [2.45, 2.75) is 0 Å². The molecule has 0 fully saturated rings. The molecule has 0 unspecified atom stereocenters. The maximum absolute atomic E-state index is 9.70. The molecule has 3 aromatic carbocycles. The van der Waals surface area contributed by atoms with Gasteiger partial charge >= 0.3 is 0 Å². The molecule has 6 heteroatoms. The Hall–Kier alpha value is -5.07. The van der Waals surface area contributed by atoms with Gasteiger partial charge in [0.15, 0.2) is 5.57 Å². The molecular formula is C28H19N5O. The average Bonchev–Trinajstić information content (AvgIpc) is 3.26. The van der Waals surface area contributed by atoms with Crippen molar-refractivity contribution >= 4 is 17.9 Å². The summed E-state index contributed by atoms with van der Waals surface area (Å²) in [5.41, 5.74) is 5.77. The minimum atomic E-state index is -0.00364. The summed E-state index contributed by atoms with van der Waals surface area (Å²) in [6.45, 7) is 0. The van der Waals surface area contributed by atoms with Gasteiger partial charge < -0.3 is 10.1 Å². The Bertz CT molecular complexity index is 1480. The summed E-state index contributed by atoms with van der Waals surface area (Å²) in [4.78, 5) is 4.69. The molecule has 0 spiro atoms. The number of nitrogens with one attached hydrogen (secondary N) is 1. The molecule has 6 nitrogen and oxygen atoms in total. The van der Waals surface area contributed by atoms with Crippen LogP contribution >= 0.6 is 0 Å². The van der Waals surface area contributed by atoms with Crippen LogP contribution in [0.4, 0.5) is 5.82 Å². The van der Waals surface area contributed by atoms with Gasteiger partial charge in [-0.05, 0) is 35.4 Å². The van der Waals surface area contributed by atoms with Gasteiger partial charge in [0.1, 0.15) is 23.7 Å². The molecule has 0 saturated heterocycles. The fourth-order valence-corrected chi connectivity index (χ4v) is 4.22. The third-order valence-corrected chi connectivity index (χ3v) is 5.71. The Kier molecular flexibility index (Phi) is 5.40. The van der Waals surface area contributed by atoms with Crippen LogP contribution in [0.5, 0.6) is 5.75 Å². The summed E-state index contributed by atoms with van der Waals surface area (Å²) in [6.07, 6.45) is 1.52. The van der Waals surface area contributed by atoms with Crippen LogP contribution in [0.1, 0.15) is 5.56 Å². The minimum Gasteiger partial charge on any atom is -0.497 e. The molecule has 1 aliphatic heterocycles. The highest BCUT2D eigenvalue weighted by molar-refractivity contribution is 6.03. The highest BCUT2D eigenvalue weighted by Crippen LogP contribution is 2.48. The quantitative estimate of drug-likeness (QED) is 0.403. The number of nitrogens with zero attached hydrogens (tertiary/aromatic N) is 4. The van der Waals surface area contributed by atoms with Crippen molar-refractivity contribution in [1.82, 2.24) is 9.88 Å². The van der Waals surface area contributed by atoms with Gasteiger partial charge in [-0.3, -0.25) is 4.57 Å². The predicted molar refractivity (Wildman–Crippen MR) is 133 cm³/mol. The number of ether oxygens (including phenoxy) is 1. The molecule has 0 saturated carbocycles. The van der Waals surface area contributed by atoms with E-state index in [2.05, 4.69) is 14.9 Å². The second-order valence-electron chi connectivity index (χ2n) is 7.56. The SMILES string of the molecule is COc1ccc(-n2c3c(c(-c4ccccc4)c2-c2ccccc2)C(=C(C#N)C#N)NC=N3)cc1.